The van der Waals surface area contributed by atoms with Gasteiger partial charge in [0.15, 0.2) is 5.09 Å². The quantitative estimate of drug-likeness (QED) is 0.560. The van der Waals surface area contributed by atoms with E-state index >= 15 is 0 Å². The number of rotatable bonds is 1. The van der Waals surface area contributed by atoms with Crippen LogP contribution in [0.15, 0.2) is 52.0 Å². The Kier molecular flexibility index (Phi) is 1.96. The number of furan rings is 1. The maximum Gasteiger partial charge on any atom is 0.161 e. The molecule has 0 atom stereocenters. The third-order valence-corrected chi connectivity index (χ3v) is 3.17. The van der Waals surface area contributed by atoms with E-state index in [0.717, 1.165) is 10.7 Å². The first-order valence-electron chi connectivity index (χ1n) is 4.83. The second kappa shape index (κ2) is 3.31. The molecule has 0 N–H and O–H groups in total. The molecule has 0 saturated heterocycles. The minimum atomic E-state index is 0.970. The van der Waals surface area contributed by atoms with Gasteiger partial charge in [0.25, 0.3) is 0 Å². The van der Waals surface area contributed by atoms with Crippen LogP contribution in [-0.2, 0) is 0 Å². The van der Waals surface area contributed by atoms with Crippen molar-refractivity contribution in [3.8, 4) is 0 Å². The fourth-order valence-electron chi connectivity index (χ4n) is 1.80. The summed E-state index contributed by atoms with van der Waals surface area (Å²) in [6.07, 6.45) is 2.03. The normalized spacial score (nSPS) is 11.3. The molecular formula is C13H10OS. The lowest BCUT2D eigenvalue weighted by molar-refractivity contribution is 0.516. The molecule has 0 bridgehead atoms. The van der Waals surface area contributed by atoms with Crippen LogP contribution in [0.5, 0.6) is 0 Å². The fraction of sp³-hybridized carbons (Fsp3) is 0.0769. The molecule has 0 aliphatic rings. The van der Waals surface area contributed by atoms with Crippen molar-refractivity contribution < 1.29 is 4.42 Å². The lowest BCUT2D eigenvalue weighted by Crippen LogP contribution is -1.70. The van der Waals surface area contributed by atoms with Gasteiger partial charge in [-0.3, -0.25) is 0 Å². The molecule has 0 saturated carbocycles. The van der Waals surface area contributed by atoms with Gasteiger partial charge in [0, 0.05) is 5.39 Å². The van der Waals surface area contributed by atoms with Gasteiger partial charge in [0.2, 0.25) is 0 Å². The first-order valence-corrected chi connectivity index (χ1v) is 6.05. The Morgan fingerprint density at radius 3 is 2.40 bits per heavy atom. The van der Waals surface area contributed by atoms with Crippen molar-refractivity contribution in [3.63, 3.8) is 0 Å². The molecule has 0 aliphatic carbocycles. The van der Waals surface area contributed by atoms with Crippen LogP contribution >= 0.6 is 11.8 Å². The third kappa shape index (κ3) is 1.41. The van der Waals surface area contributed by atoms with Crippen molar-refractivity contribution in [3.05, 3.63) is 42.5 Å². The molecule has 1 heterocycles. The highest BCUT2D eigenvalue weighted by Gasteiger charge is 2.03. The number of fused-ring (bicyclic) bond motifs is 2. The lowest BCUT2D eigenvalue weighted by atomic mass is 10.1. The Hall–Kier alpha value is -1.41. The standard InChI is InChI=1S/C13H10OS/c1-15-13-8-11-6-9-4-2-3-5-10(9)7-12(11)14-13/h2-8H,1H3. The highest BCUT2D eigenvalue weighted by molar-refractivity contribution is 7.98. The molecule has 0 spiro atoms. The van der Waals surface area contributed by atoms with Gasteiger partial charge >= 0.3 is 0 Å². The summed E-state index contributed by atoms with van der Waals surface area (Å²) in [4.78, 5) is 0. The molecule has 0 radical (unpaired) electrons. The molecule has 1 nitrogen and oxygen atoms in total. The first kappa shape index (κ1) is 8.86. The van der Waals surface area contributed by atoms with Crippen LogP contribution in [0.25, 0.3) is 21.7 Å². The van der Waals surface area contributed by atoms with E-state index in [1.807, 2.05) is 12.3 Å². The zero-order valence-electron chi connectivity index (χ0n) is 8.36. The minimum Gasteiger partial charge on any atom is -0.450 e. The predicted octanol–water partition coefficient (Wildman–Crippen LogP) is 4.31. The summed E-state index contributed by atoms with van der Waals surface area (Å²) in [5.74, 6) is 0. The molecule has 74 valence electrons. The smallest absolute Gasteiger partial charge is 0.161 e. The molecule has 2 aromatic carbocycles. The summed E-state index contributed by atoms with van der Waals surface area (Å²) in [5.41, 5.74) is 0.970. The molecule has 2 heteroatoms. The summed E-state index contributed by atoms with van der Waals surface area (Å²) in [6.45, 7) is 0. The Morgan fingerprint density at radius 1 is 0.933 bits per heavy atom. The number of hydrogen-bond donors (Lipinski definition) is 0. The maximum atomic E-state index is 5.69. The fourth-order valence-corrected chi connectivity index (χ4v) is 2.22. The van der Waals surface area contributed by atoms with Crippen molar-refractivity contribution >= 4 is 33.5 Å². The monoisotopic (exact) mass is 214 g/mol. The van der Waals surface area contributed by atoms with Crippen LogP contribution in [-0.4, -0.2) is 6.26 Å². The minimum absolute atomic E-state index is 0.970. The largest absolute Gasteiger partial charge is 0.450 e. The maximum absolute atomic E-state index is 5.69. The summed E-state index contributed by atoms with van der Waals surface area (Å²) < 4.78 is 5.69. The zero-order chi connectivity index (χ0) is 10.3. The summed E-state index contributed by atoms with van der Waals surface area (Å²) >= 11 is 1.63. The number of thioether (sulfide) groups is 1. The van der Waals surface area contributed by atoms with Crippen molar-refractivity contribution in [1.29, 1.82) is 0 Å². The van der Waals surface area contributed by atoms with Gasteiger partial charge in [0.05, 0.1) is 0 Å². The third-order valence-electron chi connectivity index (χ3n) is 2.56. The van der Waals surface area contributed by atoms with E-state index in [9.17, 15) is 0 Å². The number of hydrogen-bond acceptors (Lipinski definition) is 2. The first-order chi connectivity index (χ1) is 7.36. The Morgan fingerprint density at radius 2 is 1.67 bits per heavy atom. The van der Waals surface area contributed by atoms with Gasteiger partial charge in [-0.05, 0) is 35.2 Å². The van der Waals surface area contributed by atoms with Crippen LogP contribution in [0.1, 0.15) is 0 Å². The van der Waals surface area contributed by atoms with Crippen LogP contribution in [0, 0.1) is 0 Å². The molecule has 0 aliphatic heterocycles. The second-order valence-electron chi connectivity index (χ2n) is 3.51. The van der Waals surface area contributed by atoms with Crippen LogP contribution in [0.2, 0.25) is 0 Å². The molecule has 0 fully saturated rings. The molecule has 15 heavy (non-hydrogen) atoms. The Bertz CT molecular complexity index is 572. The van der Waals surface area contributed by atoms with Gasteiger partial charge in [-0.15, -0.1) is 0 Å². The highest BCUT2D eigenvalue weighted by Crippen LogP contribution is 2.29. The average Bonchev–Trinajstić information content (AvgIpc) is 2.67. The number of benzene rings is 2. The molecule has 3 rings (SSSR count). The molecule has 3 aromatic rings. The van der Waals surface area contributed by atoms with Crippen LogP contribution in [0.3, 0.4) is 0 Å². The summed E-state index contributed by atoms with van der Waals surface area (Å²) in [6, 6.07) is 14.7. The lowest BCUT2D eigenvalue weighted by Gasteiger charge is -1.95. The van der Waals surface area contributed by atoms with E-state index in [-0.39, 0.29) is 0 Å². The topological polar surface area (TPSA) is 13.1 Å². The van der Waals surface area contributed by atoms with Gasteiger partial charge in [-0.2, -0.15) is 0 Å². The van der Waals surface area contributed by atoms with Gasteiger partial charge < -0.3 is 4.42 Å². The van der Waals surface area contributed by atoms with Crippen LogP contribution in [0.4, 0.5) is 0 Å². The van der Waals surface area contributed by atoms with Gasteiger partial charge in [-0.25, -0.2) is 0 Å². The SMILES string of the molecule is CSc1cc2cc3ccccc3cc2o1. The van der Waals surface area contributed by atoms with Crippen molar-refractivity contribution in [1.82, 2.24) is 0 Å². The summed E-state index contributed by atoms with van der Waals surface area (Å²) in [7, 11) is 0. The zero-order valence-corrected chi connectivity index (χ0v) is 9.17. The van der Waals surface area contributed by atoms with Crippen molar-refractivity contribution in [2.24, 2.45) is 0 Å². The van der Waals surface area contributed by atoms with E-state index in [1.54, 1.807) is 11.8 Å². The second-order valence-corrected chi connectivity index (χ2v) is 4.32. The van der Waals surface area contributed by atoms with Crippen molar-refractivity contribution in [2.75, 3.05) is 6.26 Å². The van der Waals surface area contributed by atoms with E-state index < -0.39 is 0 Å². The Labute approximate surface area is 92.1 Å². The molecular weight excluding hydrogens is 204 g/mol. The molecule has 0 amide bonds. The van der Waals surface area contributed by atoms with Crippen LogP contribution < -0.4 is 0 Å². The van der Waals surface area contributed by atoms with E-state index in [1.165, 1.54) is 16.2 Å². The summed E-state index contributed by atoms with van der Waals surface area (Å²) in [5, 5.41) is 4.64. The van der Waals surface area contributed by atoms with E-state index in [0.29, 0.717) is 0 Å². The highest BCUT2D eigenvalue weighted by atomic mass is 32.2. The molecule has 0 unspecified atom stereocenters. The van der Waals surface area contributed by atoms with E-state index in [2.05, 4.69) is 36.4 Å². The van der Waals surface area contributed by atoms with Gasteiger partial charge in [0.1, 0.15) is 5.58 Å². The van der Waals surface area contributed by atoms with Gasteiger partial charge in [-0.1, -0.05) is 36.0 Å². The Balaban J connectivity index is 2.39. The predicted molar refractivity (Wildman–Crippen MR) is 65.5 cm³/mol. The average molecular weight is 214 g/mol. The van der Waals surface area contributed by atoms with Crippen molar-refractivity contribution in [2.45, 2.75) is 5.09 Å². The van der Waals surface area contributed by atoms with E-state index in [4.69, 9.17) is 4.42 Å². The molecule has 1 aromatic heterocycles.